The van der Waals surface area contributed by atoms with E-state index in [1.165, 1.54) is 0 Å². The number of halogens is 8. The molecule has 0 unspecified atom stereocenters. The molecule has 0 saturated heterocycles. The zero-order valence-corrected chi connectivity index (χ0v) is 6.92. The van der Waals surface area contributed by atoms with E-state index < -0.39 is 35.6 Å². The molecule has 0 bridgehead atoms. The molecule has 10 heteroatoms. The molecule has 0 saturated carbocycles. The van der Waals surface area contributed by atoms with Crippen LogP contribution in [0.15, 0.2) is 0 Å². The maximum atomic E-state index is 12.5. The van der Waals surface area contributed by atoms with E-state index in [4.69, 9.17) is 0 Å². The lowest BCUT2D eigenvalue weighted by Gasteiger charge is -2.10. The van der Waals surface area contributed by atoms with E-state index in [1.807, 2.05) is 9.97 Å². The van der Waals surface area contributed by atoms with Gasteiger partial charge in [0.25, 0.3) is 0 Å². The summed E-state index contributed by atoms with van der Waals surface area (Å²) >= 11 is 0. The van der Waals surface area contributed by atoms with Crippen LogP contribution in [0.3, 0.4) is 0 Å². The van der Waals surface area contributed by atoms with Gasteiger partial charge in [0, 0.05) is 0 Å². The van der Waals surface area contributed by atoms with Crippen molar-refractivity contribution in [3.63, 3.8) is 0 Å². The van der Waals surface area contributed by atoms with E-state index in [-0.39, 0.29) is 0 Å². The number of hydrogen-bond acceptors (Lipinski definition) is 2. The third-order valence-corrected chi connectivity index (χ3v) is 1.35. The molecule has 0 N–H and O–H groups in total. The first-order valence-electron chi connectivity index (χ1n) is 3.41. The molecule has 0 radical (unpaired) electrons. The molecule has 90 valence electrons. The predicted molar refractivity (Wildman–Crippen MR) is 32.0 cm³/mol. The average molecular weight is 252 g/mol. The summed E-state index contributed by atoms with van der Waals surface area (Å²) in [5.74, 6) is -5.05. The van der Waals surface area contributed by atoms with Crippen molar-refractivity contribution in [3.05, 3.63) is 23.3 Å². The summed E-state index contributed by atoms with van der Waals surface area (Å²) in [5.41, 5.74) is -4.86. The zero-order valence-electron chi connectivity index (χ0n) is 6.92. The van der Waals surface area contributed by atoms with E-state index in [2.05, 4.69) is 0 Å². The molecule has 0 aliphatic rings. The lowest BCUT2D eigenvalue weighted by molar-refractivity contribution is -0.152. The fraction of sp³-hybridized carbons (Fsp3) is 0.333. The first kappa shape index (κ1) is 12.6. The predicted octanol–water partition coefficient (Wildman–Crippen LogP) is 2.79. The van der Waals surface area contributed by atoms with Crippen LogP contribution >= 0.6 is 0 Å². The molecular formula is C6F8N2. The van der Waals surface area contributed by atoms with Crippen LogP contribution in [-0.2, 0) is 12.4 Å². The summed E-state index contributed by atoms with van der Waals surface area (Å²) < 4.78 is 96.2. The Morgan fingerprint density at radius 3 is 1.06 bits per heavy atom. The fourth-order valence-electron chi connectivity index (χ4n) is 0.755. The Labute approximate surface area is 81.9 Å². The Bertz CT molecular complexity index is 366. The summed E-state index contributed by atoms with van der Waals surface area (Å²) in [6, 6.07) is 0. The van der Waals surface area contributed by atoms with Crippen LogP contribution in [0.4, 0.5) is 35.1 Å². The van der Waals surface area contributed by atoms with E-state index >= 15 is 0 Å². The van der Waals surface area contributed by atoms with Gasteiger partial charge in [-0.05, 0) is 0 Å². The molecule has 1 aromatic heterocycles. The summed E-state index contributed by atoms with van der Waals surface area (Å²) in [6.07, 6.45) is -10.8. The molecule has 0 aliphatic carbocycles. The Balaban J connectivity index is 3.40. The Kier molecular flexibility index (Phi) is 2.77. The third-order valence-electron chi connectivity index (χ3n) is 1.35. The average Bonchev–Trinajstić information content (AvgIpc) is 2.04. The zero-order chi connectivity index (χ0) is 12.7. The third kappa shape index (κ3) is 2.36. The second-order valence-corrected chi connectivity index (χ2v) is 2.50. The molecule has 2 nitrogen and oxygen atoms in total. The van der Waals surface area contributed by atoms with Crippen molar-refractivity contribution in [2.45, 2.75) is 12.4 Å². The Hall–Kier alpha value is -1.48. The maximum Gasteiger partial charge on any atom is 0.438 e. The topological polar surface area (TPSA) is 25.8 Å². The lowest BCUT2D eigenvalue weighted by Crippen LogP contribution is -2.20. The van der Waals surface area contributed by atoms with Crippen LogP contribution < -0.4 is 0 Å². The van der Waals surface area contributed by atoms with Gasteiger partial charge in [-0.2, -0.15) is 35.1 Å². The molecule has 0 amide bonds. The van der Waals surface area contributed by atoms with Crippen LogP contribution in [0.1, 0.15) is 11.4 Å². The van der Waals surface area contributed by atoms with Crippen LogP contribution in [0.5, 0.6) is 0 Å². The molecule has 16 heavy (non-hydrogen) atoms. The van der Waals surface area contributed by atoms with Gasteiger partial charge in [-0.3, -0.25) is 0 Å². The highest BCUT2D eigenvalue weighted by Crippen LogP contribution is 2.33. The van der Waals surface area contributed by atoms with Crippen LogP contribution in [0.25, 0.3) is 0 Å². The smallest absolute Gasteiger partial charge is 0.208 e. The highest BCUT2D eigenvalue weighted by molar-refractivity contribution is 5.11. The van der Waals surface area contributed by atoms with E-state index in [0.29, 0.717) is 0 Å². The second kappa shape index (κ2) is 3.52. The Morgan fingerprint density at radius 1 is 0.625 bits per heavy atom. The SMILES string of the molecule is Fc1nc(C(F)(F)F)c(F)nc1C(F)(F)F. The van der Waals surface area contributed by atoms with Crippen molar-refractivity contribution in [3.8, 4) is 0 Å². The van der Waals surface area contributed by atoms with E-state index in [0.717, 1.165) is 0 Å². The van der Waals surface area contributed by atoms with Crippen molar-refractivity contribution in [2.75, 3.05) is 0 Å². The normalized spacial score (nSPS) is 13.0. The molecule has 0 atom stereocenters. The van der Waals surface area contributed by atoms with Gasteiger partial charge >= 0.3 is 12.4 Å². The van der Waals surface area contributed by atoms with Gasteiger partial charge in [-0.15, -0.1) is 0 Å². The number of rotatable bonds is 0. The largest absolute Gasteiger partial charge is 0.438 e. The summed E-state index contributed by atoms with van der Waals surface area (Å²) in [6.45, 7) is 0. The summed E-state index contributed by atoms with van der Waals surface area (Å²) in [4.78, 5) is 3.72. The monoisotopic (exact) mass is 252 g/mol. The van der Waals surface area contributed by atoms with E-state index in [1.54, 1.807) is 0 Å². The summed E-state index contributed by atoms with van der Waals surface area (Å²) in [7, 11) is 0. The van der Waals surface area contributed by atoms with Crippen LogP contribution in [0, 0.1) is 11.9 Å². The molecule has 1 aromatic rings. The van der Waals surface area contributed by atoms with Crippen molar-refractivity contribution in [1.82, 2.24) is 9.97 Å². The summed E-state index contributed by atoms with van der Waals surface area (Å²) in [5, 5.41) is 0. The Morgan fingerprint density at radius 2 is 0.875 bits per heavy atom. The van der Waals surface area contributed by atoms with Gasteiger partial charge in [-0.25, -0.2) is 9.97 Å². The number of hydrogen-bond donors (Lipinski definition) is 0. The maximum absolute atomic E-state index is 12.5. The van der Waals surface area contributed by atoms with Crippen molar-refractivity contribution >= 4 is 0 Å². The molecule has 0 fully saturated rings. The highest BCUT2D eigenvalue weighted by atomic mass is 19.4. The fourth-order valence-corrected chi connectivity index (χ4v) is 0.755. The van der Waals surface area contributed by atoms with Crippen LogP contribution in [0.2, 0.25) is 0 Å². The second-order valence-electron chi connectivity index (χ2n) is 2.50. The number of alkyl halides is 6. The first-order valence-corrected chi connectivity index (χ1v) is 3.41. The van der Waals surface area contributed by atoms with Crippen LogP contribution in [-0.4, -0.2) is 9.97 Å². The minimum atomic E-state index is -5.41. The molecule has 0 spiro atoms. The van der Waals surface area contributed by atoms with Gasteiger partial charge < -0.3 is 0 Å². The van der Waals surface area contributed by atoms with Crippen molar-refractivity contribution in [1.29, 1.82) is 0 Å². The molecule has 1 rings (SSSR count). The molecule has 0 aliphatic heterocycles. The molecule has 0 aromatic carbocycles. The van der Waals surface area contributed by atoms with Gasteiger partial charge in [-0.1, -0.05) is 0 Å². The van der Waals surface area contributed by atoms with Gasteiger partial charge in [0.1, 0.15) is 0 Å². The van der Waals surface area contributed by atoms with Crippen molar-refractivity contribution in [2.24, 2.45) is 0 Å². The minimum absolute atomic E-state index is 1.86. The minimum Gasteiger partial charge on any atom is -0.208 e. The van der Waals surface area contributed by atoms with Gasteiger partial charge in [0.05, 0.1) is 0 Å². The number of nitrogens with zero attached hydrogens (tertiary/aromatic N) is 2. The van der Waals surface area contributed by atoms with Gasteiger partial charge in [0.15, 0.2) is 0 Å². The lowest BCUT2D eigenvalue weighted by atomic mass is 10.3. The first-order chi connectivity index (χ1) is 7.03. The highest BCUT2D eigenvalue weighted by Gasteiger charge is 2.43. The standard InChI is InChI=1S/C6F8N2/c7-3-1(5(9,10)11)15-4(8)2(16-3)6(12,13)14. The quantitative estimate of drug-likeness (QED) is 0.663. The number of aromatic nitrogens is 2. The molecular weight excluding hydrogens is 252 g/mol. The van der Waals surface area contributed by atoms with E-state index in [9.17, 15) is 35.1 Å². The van der Waals surface area contributed by atoms with Crippen molar-refractivity contribution < 1.29 is 35.1 Å². The molecule has 1 heterocycles. The van der Waals surface area contributed by atoms with Gasteiger partial charge in [0.2, 0.25) is 23.3 Å².